The Hall–Kier alpha value is -0.320. The molecule has 0 spiro atoms. The fourth-order valence-corrected chi connectivity index (χ4v) is 2.64. The normalized spacial score (nSPS) is 26.2. The van der Waals surface area contributed by atoms with Crippen LogP contribution in [0, 0.1) is 5.92 Å². The fourth-order valence-electron chi connectivity index (χ4n) is 2.64. The molecule has 0 aromatic rings. The van der Waals surface area contributed by atoms with Crippen LogP contribution in [0.4, 0.5) is 0 Å². The number of halogens is 1. The smallest absolute Gasteiger partial charge is 0.237 e. The molecule has 2 aliphatic rings. The van der Waals surface area contributed by atoms with E-state index in [0.29, 0.717) is 12.0 Å². The molecule has 2 atom stereocenters. The van der Waals surface area contributed by atoms with E-state index in [0.717, 1.165) is 38.9 Å². The van der Waals surface area contributed by atoms with E-state index in [9.17, 15) is 4.79 Å². The molecule has 0 bridgehead atoms. The summed E-state index contributed by atoms with van der Waals surface area (Å²) in [5, 5.41) is 3.09. The molecule has 18 heavy (non-hydrogen) atoms. The van der Waals surface area contributed by atoms with Gasteiger partial charge in [-0.1, -0.05) is 0 Å². The summed E-state index contributed by atoms with van der Waals surface area (Å²) in [6.45, 7) is 4.89. The number of nitrogens with one attached hydrogen (secondary N) is 1. The molecule has 1 amide bonds. The molecule has 1 aliphatic carbocycles. The summed E-state index contributed by atoms with van der Waals surface area (Å²) in [7, 11) is 0. The fraction of sp³-hybridized carbons (Fsp3) is 0.923. The molecule has 0 aromatic carbocycles. The second-order valence-electron chi connectivity index (χ2n) is 5.54. The van der Waals surface area contributed by atoms with Gasteiger partial charge in [0.05, 0.1) is 6.04 Å². The van der Waals surface area contributed by atoms with E-state index in [1.807, 2.05) is 6.92 Å². The van der Waals surface area contributed by atoms with Crippen LogP contribution in [0.15, 0.2) is 0 Å². The van der Waals surface area contributed by atoms with E-state index >= 15 is 0 Å². The quantitative estimate of drug-likeness (QED) is 0.791. The number of nitrogens with zero attached hydrogens (tertiary/aromatic N) is 1. The van der Waals surface area contributed by atoms with Gasteiger partial charge in [-0.15, -0.1) is 12.4 Å². The lowest BCUT2D eigenvalue weighted by Crippen LogP contribution is -2.49. The lowest BCUT2D eigenvalue weighted by molar-refractivity contribution is -0.126. The first-order chi connectivity index (χ1) is 8.20. The molecule has 3 N–H and O–H groups in total. The standard InChI is InChI=1S/C13H25N3O.ClH/c1-10(13(17)15-12-4-5-12)16-8-2-3-11(9-16)6-7-14;/h10-12H,2-9,14H2,1H3,(H,15,17);1H. The summed E-state index contributed by atoms with van der Waals surface area (Å²) in [4.78, 5) is 14.3. The van der Waals surface area contributed by atoms with E-state index in [1.165, 1.54) is 12.8 Å². The van der Waals surface area contributed by atoms with Crippen molar-refractivity contribution in [3.05, 3.63) is 0 Å². The van der Waals surface area contributed by atoms with Crippen LogP contribution in [0.3, 0.4) is 0 Å². The summed E-state index contributed by atoms with van der Waals surface area (Å²) in [5.74, 6) is 0.894. The molecule has 2 rings (SSSR count). The Balaban J connectivity index is 0.00000162. The van der Waals surface area contributed by atoms with E-state index in [-0.39, 0.29) is 24.4 Å². The molecule has 2 fully saturated rings. The Morgan fingerprint density at radius 3 is 2.78 bits per heavy atom. The van der Waals surface area contributed by atoms with Crippen LogP contribution < -0.4 is 11.1 Å². The summed E-state index contributed by atoms with van der Waals surface area (Å²) < 4.78 is 0. The number of carbonyl (C=O) groups excluding carboxylic acids is 1. The highest BCUT2D eigenvalue weighted by Crippen LogP contribution is 2.22. The monoisotopic (exact) mass is 275 g/mol. The molecule has 1 heterocycles. The van der Waals surface area contributed by atoms with Gasteiger partial charge in [-0.3, -0.25) is 9.69 Å². The first kappa shape index (κ1) is 15.7. The van der Waals surface area contributed by atoms with Gasteiger partial charge in [-0.25, -0.2) is 0 Å². The van der Waals surface area contributed by atoms with Gasteiger partial charge in [0.25, 0.3) is 0 Å². The van der Waals surface area contributed by atoms with Gasteiger partial charge in [-0.2, -0.15) is 0 Å². The van der Waals surface area contributed by atoms with E-state index in [4.69, 9.17) is 5.73 Å². The van der Waals surface area contributed by atoms with Crippen molar-refractivity contribution in [2.45, 2.75) is 51.1 Å². The average molecular weight is 276 g/mol. The van der Waals surface area contributed by atoms with E-state index in [1.54, 1.807) is 0 Å². The zero-order chi connectivity index (χ0) is 12.3. The van der Waals surface area contributed by atoms with Crippen molar-refractivity contribution < 1.29 is 4.79 Å². The molecule has 5 heteroatoms. The molecule has 1 saturated carbocycles. The van der Waals surface area contributed by atoms with Crippen molar-refractivity contribution in [1.29, 1.82) is 0 Å². The summed E-state index contributed by atoms with van der Waals surface area (Å²) in [5.41, 5.74) is 5.62. The topological polar surface area (TPSA) is 58.4 Å². The molecule has 4 nitrogen and oxygen atoms in total. The van der Waals surface area contributed by atoms with Crippen LogP contribution in [-0.4, -0.2) is 42.5 Å². The first-order valence-electron chi connectivity index (χ1n) is 6.95. The molecular weight excluding hydrogens is 250 g/mol. The molecule has 106 valence electrons. The number of amides is 1. The second kappa shape index (κ2) is 7.31. The number of piperidine rings is 1. The third-order valence-corrected chi connectivity index (χ3v) is 3.98. The maximum atomic E-state index is 12.0. The lowest BCUT2D eigenvalue weighted by atomic mass is 9.94. The number of hydrogen-bond donors (Lipinski definition) is 2. The summed E-state index contributed by atoms with van der Waals surface area (Å²) >= 11 is 0. The summed E-state index contributed by atoms with van der Waals surface area (Å²) in [6.07, 6.45) is 5.88. The molecule has 0 radical (unpaired) electrons. The number of nitrogens with two attached hydrogens (primary N) is 1. The van der Waals surface area contributed by atoms with Gasteiger partial charge >= 0.3 is 0 Å². The van der Waals surface area contributed by atoms with Crippen LogP contribution in [-0.2, 0) is 4.79 Å². The predicted octanol–water partition coefficient (Wildman–Crippen LogP) is 1.14. The van der Waals surface area contributed by atoms with Crippen LogP contribution in [0.25, 0.3) is 0 Å². The Kier molecular flexibility index (Phi) is 6.39. The van der Waals surface area contributed by atoms with E-state index < -0.39 is 0 Å². The van der Waals surface area contributed by atoms with Crippen molar-refractivity contribution in [3.63, 3.8) is 0 Å². The number of carbonyl (C=O) groups is 1. The largest absolute Gasteiger partial charge is 0.352 e. The molecule has 1 saturated heterocycles. The van der Waals surface area contributed by atoms with E-state index in [2.05, 4.69) is 10.2 Å². The molecule has 2 unspecified atom stereocenters. The average Bonchev–Trinajstić information content (AvgIpc) is 3.13. The predicted molar refractivity (Wildman–Crippen MR) is 75.8 cm³/mol. The lowest BCUT2D eigenvalue weighted by Gasteiger charge is -2.36. The SMILES string of the molecule is CC(C(=O)NC1CC1)N1CCCC(CCN)C1.Cl. The summed E-state index contributed by atoms with van der Waals surface area (Å²) in [6, 6.07) is 0.491. The Morgan fingerprint density at radius 2 is 2.17 bits per heavy atom. The molecule has 0 aromatic heterocycles. The third-order valence-electron chi connectivity index (χ3n) is 3.98. The van der Waals surface area contributed by atoms with Crippen LogP contribution in [0.1, 0.15) is 39.0 Å². The van der Waals surface area contributed by atoms with Gasteiger partial charge in [-0.05, 0) is 58.0 Å². The van der Waals surface area contributed by atoms with Gasteiger partial charge in [0.15, 0.2) is 0 Å². The van der Waals surface area contributed by atoms with Gasteiger partial charge in [0.1, 0.15) is 0 Å². The second-order valence-corrected chi connectivity index (χ2v) is 5.54. The minimum atomic E-state index is 0. The third kappa shape index (κ3) is 4.41. The number of rotatable bonds is 5. The van der Waals surface area contributed by atoms with Crippen LogP contribution in [0.2, 0.25) is 0 Å². The van der Waals surface area contributed by atoms with Crippen molar-refractivity contribution in [2.24, 2.45) is 11.7 Å². The Morgan fingerprint density at radius 1 is 1.44 bits per heavy atom. The van der Waals surface area contributed by atoms with Crippen molar-refractivity contribution >= 4 is 18.3 Å². The van der Waals surface area contributed by atoms with Gasteiger partial charge in [0, 0.05) is 12.6 Å². The van der Waals surface area contributed by atoms with Crippen molar-refractivity contribution in [3.8, 4) is 0 Å². The highest BCUT2D eigenvalue weighted by Gasteiger charge is 2.30. The Labute approximate surface area is 116 Å². The number of likely N-dealkylation sites (tertiary alicyclic amines) is 1. The van der Waals surface area contributed by atoms with Crippen LogP contribution in [0.5, 0.6) is 0 Å². The van der Waals surface area contributed by atoms with Crippen LogP contribution >= 0.6 is 12.4 Å². The maximum Gasteiger partial charge on any atom is 0.237 e. The highest BCUT2D eigenvalue weighted by molar-refractivity contribution is 5.85. The van der Waals surface area contributed by atoms with Crippen molar-refractivity contribution in [1.82, 2.24) is 10.2 Å². The van der Waals surface area contributed by atoms with Gasteiger partial charge < -0.3 is 11.1 Å². The first-order valence-corrected chi connectivity index (χ1v) is 6.95. The maximum absolute atomic E-state index is 12.0. The molecular formula is C13H26ClN3O. The zero-order valence-corrected chi connectivity index (χ0v) is 12.0. The Bertz CT molecular complexity index is 269. The number of hydrogen-bond acceptors (Lipinski definition) is 3. The molecule has 1 aliphatic heterocycles. The van der Waals surface area contributed by atoms with Crippen molar-refractivity contribution in [2.75, 3.05) is 19.6 Å². The zero-order valence-electron chi connectivity index (χ0n) is 11.2. The van der Waals surface area contributed by atoms with Gasteiger partial charge in [0.2, 0.25) is 5.91 Å². The minimum absolute atomic E-state index is 0. The highest BCUT2D eigenvalue weighted by atomic mass is 35.5. The minimum Gasteiger partial charge on any atom is -0.352 e.